The van der Waals surface area contributed by atoms with Crippen LogP contribution in [0.1, 0.15) is 0 Å². The summed E-state index contributed by atoms with van der Waals surface area (Å²) in [6, 6.07) is 19.8. The van der Waals surface area contributed by atoms with Crippen LogP contribution in [0, 0.1) is 0 Å². The Bertz CT molecular complexity index is 1120. The highest BCUT2D eigenvalue weighted by atomic mass is 35.5. The molecule has 6 nitrogen and oxygen atoms in total. The molecule has 0 spiro atoms. The van der Waals surface area contributed by atoms with Gasteiger partial charge in [0.15, 0.2) is 0 Å². The second-order valence-corrected chi connectivity index (χ2v) is 7.82. The molecule has 0 radical (unpaired) electrons. The summed E-state index contributed by atoms with van der Waals surface area (Å²) < 4.78 is 1.62. The maximum atomic E-state index is 6.09. The lowest BCUT2D eigenvalue weighted by Gasteiger charge is -2.16. The van der Waals surface area contributed by atoms with E-state index in [4.69, 9.17) is 17.3 Å². The van der Waals surface area contributed by atoms with E-state index in [2.05, 4.69) is 50.6 Å². The van der Waals surface area contributed by atoms with E-state index in [1.165, 1.54) is 17.3 Å². The van der Waals surface area contributed by atoms with E-state index < -0.39 is 0 Å². The predicted octanol–water partition coefficient (Wildman–Crippen LogP) is 5.03. The Morgan fingerprint density at radius 3 is 2.46 bits per heavy atom. The molecule has 4 aromatic rings. The van der Waals surface area contributed by atoms with Crippen LogP contribution < -0.4 is 16.0 Å². The van der Waals surface area contributed by atoms with Gasteiger partial charge in [-0.1, -0.05) is 35.9 Å². The number of aromatic nitrogens is 3. The van der Waals surface area contributed by atoms with Gasteiger partial charge in [0, 0.05) is 52.7 Å². The minimum absolute atomic E-state index is 0.322. The van der Waals surface area contributed by atoms with Gasteiger partial charge in [-0.15, -0.1) is 5.10 Å². The van der Waals surface area contributed by atoms with Crippen molar-refractivity contribution in [3.8, 4) is 0 Å². The fourth-order valence-corrected chi connectivity index (χ4v) is 3.90. The first kappa shape index (κ1) is 18.5. The summed E-state index contributed by atoms with van der Waals surface area (Å²) >= 11 is 7.36. The second-order valence-electron chi connectivity index (χ2n) is 6.41. The Morgan fingerprint density at radius 1 is 1.00 bits per heavy atom. The van der Waals surface area contributed by atoms with Crippen LogP contribution in [0.3, 0.4) is 0 Å². The Hall–Kier alpha value is -2.90. The van der Waals surface area contributed by atoms with Crippen LogP contribution in [0.4, 0.5) is 23.3 Å². The van der Waals surface area contributed by atoms with Gasteiger partial charge in [-0.3, -0.25) is 0 Å². The average Bonchev–Trinajstić information content (AvgIpc) is 3.02. The fraction of sp³-hybridized carbons (Fsp3) is 0.100. The lowest BCUT2D eigenvalue weighted by molar-refractivity contribution is 1.02. The highest BCUT2D eigenvalue weighted by Gasteiger charge is 2.12. The fourth-order valence-electron chi connectivity index (χ4n) is 2.92. The molecule has 0 aliphatic rings. The number of benzene rings is 3. The number of nitrogens with two attached hydrogens (primary N) is 1. The first-order valence-corrected chi connectivity index (χ1v) is 9.79. The average molecular weight is 411 g/mol. The van der Waals surface area contributed by atoms with Gasteiger partial charge in [-0.05, 0) is 41.8 Å². The minimum atomic E-state index is 0.322. The molecule has 0 saturated carbocycles. The van der Waals surface area contributed by atoms with E-state index in [1.54, 1.807) is 16.2 Å². The zero-order chi connectivity index (χ0) is 19.7. The third kappa shape index (κ3) is 3.72. The topological polar surface area (TPSA) is 72.0 Å². The monoisotopic (exact) mass is 410 g/mol. The van der Waals surface area contributed by atoms with Crippen LogP contribution in [-0.4, -0.2) is 28.3 Å². The molecular formula is C20H19ClN6S. The number of hydrogen-bond acceptors (Lipinski definition) is 6. The maximum absolute atomic E-state index is 6.09. The molecule has 0 atom stereocenters. The van der Waals surface area contributed by atoms with Crippen LogP contribution in [0.15, 0.2) is 65.6 Å². The van der Waals surface area contributed by atoms with Crippen molar-refractivity contribution in [2.45, 2.75) is 4.90 Å². The molecule has 0 saturated heterocycles. The Morgan fingerprint density at radius 2 is 1.71 bits per heavy atom. The molecule has 3 aromatic carbocycles. The summed E-state index contributed by atoms with van der Waals surface area (Å²) in [6.45, 7) is 0. The molecule has 0 aliphatic heterocycles. The number of rotatable bonds is 5. The summed E-state index contributed by atoms with van der Waals surface area (Å²) in [5.74, 6) is 0.753. The minimum Gasteiger partial charge on any atom is -0.377 e. The number of hydrogen-bond donors (Lipinski definition) is 2. The van der Waals surface area contributed by atoms with Crippen molar-refractivity contribution in [2.75, 3.05) is 30.0 Å². The standard InChI is InChI=1S/C20H19ClN6S/c1-26(2)17-7-3-6-16-15(17)5-4-8-18(16)28-27-19(22)24-20(25-27)23-14-11-9-13(21)10-12-14/h3-12H,1-2H3,(H3,22,23,24,25). The van der Waals surface area contributed by atoms with Crippen LogP contribution in [0.25, 0.3) is 10.8 Å². The van der Waals surface area contributed by atoms with E-state index in [9.17, 15) is 0 Å². The highest BCUT2D eigenvalue weighted by Crippen LogP contribution is 2.34. The van der Waals surface area contributed by atoms with E-state index in [-0.39, 0.29) is 0 Å². The van der Waals surface area contributed by atoms with Gasteiger partial charge >= 0.3 is 0 Å². The van der Waals surface area contributed by atoms with Crippen LogP contribution in [-0.2, 0) is 0 Å². The molecule has 28 heavy (non-hydrogen) atoms. The Kier molecular flexibility index (Phi) is 5.02. The lowest BCUT2D eigenvalue weighted by Crippen LogP contribution is -2.08. The number of anilines is 4. The molecule has 0 unspecified atom stereocenters. The smallest absolute Gasteiger partial charge is 0.249 e. The van der Waals surface area contributed by atoms with Crippen molar-refractivity contribution in [3.05, 3.63) is 65.7 Å². The maximum Gasteiger partial charge on any atom is 0.249 e. The largest absolute Gasteiger partial charge is 0.377 e. The molecule has 0 aliphatic carbocycles. The molecule has 3 N–H and O–H groups in total. The van der Waals surface area contributed by atoms with Crippen molar-refractivity contribution in [3.63, 3.8) is 0 Å². The second kappa shape index (κ2) is 7.61. The zero-order valence-electron chi connectivity index (χ0n) is 15.4. The summed E-state index contributed by atoms with van der Waals surface area (Å²) in [7, 11) is 4.08. The summed E-state index contributed by atoms with van der Waals surface area (Å²) in [6.07, 6.45) is 0. The summed E-state index contributed by atoms with van der Waals surface area (Å²) in [5.41, 5.74) is 8.09. The van der Waals surface area contributed by atoms with Gasteiger partial charge < -0.3 is 16.0 Å². The van der Waals surface area contributed by atoms with Crippen molar-refractivity contribution >= 4 is 57.6 Å². The number of nitrogens with one attached hydrogen (secondary N) is 1. The predicted molar refractivity (Wildman–Crippen MR) is 119 cm³/mol. The third-order valence-electron chi connectivity index (χ3n) is 4.23. The SMILES string of the molecule is CN(C)c1cccc2c(Sn3nc(Nc4ccc(Cl)cc4)nc3N)cccc12. The molecule has 8 heteroatoms. The van der Waals surface area contributed by atoms with E-state index in [1.807, 2.05) is 32.3 Å². The molecule has 4 rings (SSSR count). The van der Waals surface area contributed by atoms with E-state index in [0.717, 1.165) is 21.7 Å². The first-order valence-electron chi connectivity index (χ1n) is 8.64. The lowest BCUT2D eigenvalue weighted by atomic mass is 10.1. The molecule has 0 amide bonds. The van der Waals surface area contributed by atoms with Crippen molar-refractivity contribution in [1.29, 1.82) is 0 Å². The third-order valence-corrected chi connectivity index (χ3v) is 5.47. The van der Waals surface area contributed by atoms with Crippen molar-refractivity contribution < 1.29 is 0 Å². The zero-order valence-corrected chi connectivity index (χ0v) is 17.0. The van der Waals surface area contributed by atoms with Gasteiger partial charge in [-0.2, -0.15) is 9.07 Å². The van der Waals surface area contributed by atoms with Crippen molar-refractivity contribution in [2.24, 2.45) is 0 Å². The summed E-state index contributed by atoms with van der Waals surface area (Å²) in [4.78, 5) is 7.46. The molecule has 1 aromatic heterocycles. The molecule has 0 fully saturated rings. The van der Waals surface area contributed by atoms with E-state index >= 15 is 0 Å². The van der Waals surface area contributed by atoms with Crippen LogP contribution >= 0.6 is 23.5 Å². The van der Waals surface area contributed by atoms with Gasteiger partial charge in [0.2, 0.25) is 11.9 Å². The normalized spacial score (nSPS) is 11.0. The molecule has 0 bridgehead atoms. The van der Waals surface area contributed by atoms with E-state index in [0.29, 0.717) is 16.9 Å². The Balaban J connectivity index is 1.64. The first-order chi connectivity index (χ1) is 13.5. The van der Waals surface area contributed by atoms with Crippen LogP contribution in [0.2, 0.25) is 5.02 Å². The number of nitrogens with zero attached hydrogens (tertiary/aromatic N) is 4. The Labute approximate surface area is 172 Å². The summed E-state index contributed by atoms with van der Waals surface area (Å²) in [5, 5.41) is 10.6. The number of nitrogen functional groups attached to an aromatic ring is 1. The van der Waals surface area contributed by atoms with Gasteiger partial charge in [-0.25, -0.2) is 0 Å². The molecule has 1 heterocycles. The van der Waals surface area contributed by atoms with Crippen molar-refractivity contribution in [1.82, 2.24) is 14.2 Å². The quantitative estimate of drug-likeness (QED) is 0.480. The van der Waals surface area contributed by atoms with Gasteiger partial charge in [0.25, 0.3) is 0 Å². The van der Waals surface area contributed by atoms with Crippen LogP contribution in [0.5, 0.6) is 0 Å². The molecular weight excluding hydrogens is 392 g/mol. The van der Waals surface area contributed by atoms with Gasteiger partial charge in [0.05, 0.1) is 0 Å². The number of fused-ring (bicyclic) bond motifs is 1. The van der Waals surface area contributed by atoms with Gasteiger partial charge in [0.1, 0.15) is 0 Å². The highest BCUT2D eigenvalue weighted by molar-refractivity contribution is 7.98. The number of halogens is 1. The molecule has 142 valence electrons.